The van der Waals surface area contributed by atoms with Gasteiger partial charge in [-0.3, -0.25) is 14.4 Å². The Hall–Kier alpha value is -3.24. The van der Waals surface area contributed by atoms with E-state index in [4.69, 9.17) is 16.3 Å². The number of carbonyl (C=O) groups excluding carboxylic acids is 3. The van der Waals surface area contributed by atoms with Gasteiger partial charge < -0.3 is 25.4 Å². The van der Waals surface area contributed by atoms with Crippen LogP contribution >= 0.6 is 23.4 Å². The van der Waals surface area contributed by atoms with Gasteiger partial charge in [0, 0.05) is 9.77 Å². The zero-order valence-corrected chi connectivity index (χ0v) is 22.3. The summed E-state index contributed by atoms with van der Waals surface area (Å²) in [7, 11) is 0. The number of fused-ring (bicyclic) bond motifs is 1. The van der Waals surface area contributed by atoms with E-state index >= 15 is 0 Å². The minimum atomic E-state index is -1.34. The van der Waals surface area contributed by atoms with Crippen molar-refractivity contribution in [2.45, 2.75) is 61.5 Å². The van der Waals surface area contributed by atoms with E-state index in [2.05, 4.69) is 10.6 Å². The molecule has 11 heteroatoms. The molecular formula is C26H28ClN3O6S. The fourth-order valence-electron chi connectivity index (χ4n) is 4.48. The van der Waals surface area contributed by atoms with Crippen LogP contribution in [0.3, 0.4) is 0 Å². The van der Waals surface area contributed by atoms with Crippen LogP contribution in [0.5, 0.6) is 5.75 Å². The van der Waals surface area contributed by atoms with Crippen molar-refractivity contribution >= 4 is 47.1 Å². The standard InChI is InChI=1S/C26H28ClN3O6S/c1-25(2,36-16-12-10-15(27)11-13-16)24(35)29-17(14-8-6-5-7-9-14)20(31)28-18-21(32)30-19(23(33)34)26(3,4)37-22(18)30/h5-13,17-19,22H,1-4H3,(H,28,31)(H,29,35)(H,33,34)/t17-,18+,19-,22+/m0/s1. The molecule has 196 valence electrons. The van der Waals surface area contributed by atoms with Gasteiger partial charge in [-0.15, -0.1) is 11.8 Å². The number of amides is 3. The van der Waals surface area contributed by atoms with Gasteiger partial charge in [0.1, 0.15) is 29.2 Å². The van der Waals surface area contributed by atoms with E-state index in [1.54, 1.807) is 82.3 Å². The molecule has 2 aromatic rings. The largest absolute Gasteiger partial charge is 0.480 e. The summed E-state index contributed by atoms with van der Waals surface area (Å²) in [4.78, 5) is 52.6. The number of hydrogen-bond donors (Lipinski definition) is 3. The Morgan fingerprint density at radius 2 is 1.73 bits per heavy atom. The molecule has 4 atom stereocenters. The number of thioether (sulfide) groups is 1. The lowest BCUT2D eigenvalue weighted by atomic mass is 9.95. The average molecular weight is 546 g/mol. The van der Waals surface area contributed by atoms with Crippen molar-refractivity contribution in [2.24, 2.45) is 0 Å². The Morgan fingerprint density at radius 1 is 1.11 bits per heavy atom. The maximum Gasteiger partial charge on any atom is 0.327 e. The first-order valence-electron chi connectivity index (χ1n) is 11.7. The van der Waals surface area contributed by atoms with Gasteiger partial charge in [-0.05, 0) is 57.5 Å². The van der Waals surface area contributed by atoms with Crippen molar-refractivity contribution in [3.63, 3.8) is 0 Å². The molecule has 2 aromatic carbocycles. The third-order valence-electron chi connectivity index (χ3n) is 6.38. The van der Waals surface area contributed by atoms with E-state index < -0.39 is 57.5 Å². The van der Waals surface area contributed by atoms with E-state index in [1.165, 1.54) is 16.7 Å². The minimum Gasteiger partial charge on any atom is -0.480 e. The number of nitrogens with one attached hydrogen (secondary N) is 2. The van der Waals surface area contributed by atoms with Crippen molar-refractivity contribution in [3.8, 4) is 5.75 Å². The number of halogens is 1. The highest BCUT2D eigenvalue weighted by molar-refractivity contribution is 8.01. The lowest BCUT2D eigenvalue weighted by Gasteiger charge is -2.44. The normalized spacial score (nSPS) is 22.9. The van der Waals surface area contributed by atoms with Crippen LogP contribution in [0.1, 0.15) is 39.3 Å². The molecule has 3 N–H and O–H groups in total. The highest BCUT2D eigenvalue weighted by atomic mass is 35.5. The number of carbonyl (C=O) groups is 4. The van der Waals surface area contributed by atoms with Gasteiger partial charge in [-0.1, -0.05) is 41.9 Å². The second kappa shape index (κ2) is 9.90. The Kier molecular flexibility index (Phi) is 7.18. The fourth-order valence-corrected chi connectivity index (χ4v) is 6.23. The van der Waals surface area contributed by atoms with Crippen LogP contribution in [0, 0.1) is 0 Å². The summed E-state index contributed by atoms with van der Waals surface area (Å²) in [6.07, 6.45) is 0. The lowest BCUT2D eigenvalue weighted by Crippen LogP contribution is -2.71. The number of rotatable bonds is 8. The number of hydrogen-bond acceptors (Lipinski definition) is 6. The van der Waals surface area contributed by atoms with Crippen LogP contribution in [0.15, 0.2) is 54.6 Å². The molecule has 37 heavy (non-hydrogen) atoms. The van der Waals surface area contributed by atoms with Crippen LogP contribution in [-0.2, 0) is 19.2 Å². The summed E-state index contributed by atoms with van der Waals surface area (Å²) in [5.74, 6) is -2.25. The molecule has 2 fully saturated rings. The second-order valence-corrected chi connectivity index (χ2v) is 12.2. The van der Waals surface area contributed by atoms with Gasteiger partial charge in [0.05, 0.1) is 0 Å². The van der Waals surface area contributed by atoms with Crippen molar-refractivity contribution in [1.82, 2.24) is 15.5 Å². The molecule has 9 nitrogen and oxygen atoms in total. The van der Waals surface area contributed by atoms with Gasteiger partial charge >= 0.3 is 5.97 Å². The maximum atomic E-state index is 13.4. The average Bonchev–Trinajstić information content (AvgIpc) is 3.10. The van der Waals surface area contributed by atoms with Gasteiger partial charge in [-0.2, -0.15) is 0 Å². The number of β-lactam (4-membered cyclic amide) rings is 1. The number of nitrogens with zero attached hydrogens (tertiary/aromatic N) is 1. The van der Waals surface area contributed by atoms with Crippen LogP contribution in [0.25, 0.3) is 0 Å². The minimum absolute atomic E-state index is 0.430. The quantitative estimate of drug-likeness (QED) is 0.435. The van der Waals surface area contributed by atoms with Crippen molar-refractivity contribution in [1.29, 1.82) is 0 Å². The van der Waals surface area contributed by atoms with Crippen molar-refractivity contribution in [2.75, 3.05) is 0 Å². The first-order valence-corrected chi connectivity index (χ1v) is 12.9. The molecule has 0 aromatic heterocycles. The molecule has 0 radical (unpaired) electrons. The smallest absolute Gasteiger partial charge is 0.327 e. The van der Waals surface area contributed by atoms with Crippen molar-refractivity contribution in [3.05, 3.63) is 65.2 Å². The molecule has 4 rings (SSSR count). The van der Waals surface area contributed by atoms with Crippen LogP contribution in [0.4, 0.5) is 0 Å². The van der Waals surface area contributed by atoms with Crippen LogP contribution in [0.2, 0.25) is 5.02 Å². The number of carboxylic acid groups (broad SMARTS) is 1. The number of ether oxygens (including phenoxy) is 1. The number of aliphatic carboxylic acids is 1. The van der Waals surface area contributed by atoms with Gasteiger partial charge in [0.25, 0.3) is 5.91 Å². The SMILES string of the molecule is CC(C)(Oc1ccc(Cl)cc1)C(=O)N[C@H](C(=O)N[C@@H]1C(=O)N2[C@@H]1SC(C)(C)[C@@H]2C(=O)O)c1ccccc1. The van der Waals surface area contributed by atoms with E-state index in [9.17, 15) is 24.3 Å². The third-order valence-corrected chi connectivity index (χ3v) is 8.20. The van der Waals surface area contributed by atoms with Crippen LogP contribution < -0.4 is 15.4 Å². The van der Waals surface area contributed by atoms with E-state index in [0.717, 1.165) is 0 Å². The number of benzene rings is 2. The molecule has 2 saturated heterocycles. The molecule has 0 spiro atoms. The zero-order chi connectivity index (χ0) is 27.1. The molecule has 0 unspecified atom stereocenters. The summed E-state index contributed by atoms with van der Waals surface area (Å²) in [5.41, 5.74) is -0.827. The van der Waals surface area contributed by atoms with Gasteiger partial charge in [-0.25, -0.2) is 4.79 Å². The molecule has 0 aliphatic carbocycles. The first kappa shape index (κ1) is 26.8. The maximum absolute atomic E-state index is 13.4. The van der Waals surface area contributed by atoms with Crippen LogP contribution in [-0.4, -0.2) is 61.5 Å². The monoisotopic (exact) mass is 545 g/mol. The Balaban J connectivity index is 1.51. The molecule has 3 amide bonds. The summed E-state index contributed by atoms with van der Waals surface area (Å²) < 4.78 is 5.14. The highest BCUT2D eigenvalue weighted by Gasteiger charge is 2.64. The summed E-state index contributed by atoms with van der Waals surface area (Å²) in [6.45, 7) is 6.68. The zero-order valence-electron chi connectivity index (χ0n) is 20.7. The second-order valence-electron chi connectivity index (χ2n) is 9.97. The molecule has 2 aliphatic heterocycles. The molecule has 2 aliphatic rings. The first-order chi connectivity index (χ1) is 17.3. The lowest BCUT2D eigenvalue weighted by molar-refractivity contribution is -0.161. The molecule has 0 bridgehead atoms. The summed E-state index contributed by atoms with van der Waals surface area (Å²) in [5, 5.41) is 15.1. The summed E-state index contributed by atoms with van der Waals surface area (Å²) in [6, 6.07) is 12.2. The Bertz CT molecular complexity index is 1220. The fraction of sp³-hybridized carbons (Fsp3) is 0.385. The molecule has 2 heterocycles. The van der Waals surface area contributed by atoms with Crippen molar-refractivity contribution < 1.29 is 29.0 Å². The topological polar surface area (TPSA) is 125 Å². The predicted octanol–water partition coefficient (Wildman–Crippen LogP) is 2.99. The van der Waals surface area contributed by atoms with Gasteiger partial charge in [0.2, 0.25) is 11.8 Å². The Morgan fingerprint density at radius 3 is 2.32 bits per heavy atom. The Labute approximate surface area is 223 Å². The van der Waals surface area contributed by atoms with E-state index in [-0.39, 0.29) is 0 Å². The van der Waals surface area contributed by atoms with E-state index in [0.29, 0.717) is 16.3 Å². The molecule has 0 saturated carbocycles. The van der Waals surface area contributed by atoms with Gasteiger partial charge in [0.15, 0.2) is 5.60 Å². The predicted molar refractivity (Wildman–Crippen MR) is 139 cm³/mol. The highest BCUT2D eigenvalue weighted by Crippen LogP contribution is 2.50. The number of carboxylic acids is 1. The molecular weight excluding hydrogens is 518 g/mol. The van der Waals surface area contributed by atoms with E-state index in [1.807, 2.05) is 0 Å². The third kappa shape index (κ3) is 5.26. The summed E-state index contributed by atoms with van der Waals surface area (Å²) >= 11 is 7.25.